The Balaban J connectivity index is 3.72. The maximum Gasteiger partial charge on any atom is 0.209 e. The molecule has 1 unspecified atom stereocenters. The number of carbonyl (C=O) groups excluding carboxylic acids is 1. The van der Waals surface area contributed by atoms with E-state index in [1.54, 1.807) is 0 Å². The van der Waals surface area contributed by atoms with Gasteiger partial charge in [-0.15, -0.1) is 0 Å². The Bertz CT molecular complexity index is 102. The fraction of sp³-hybridized carbons (Fsp3) is 0.667. The zero-order valence-electron chi connectivity index (χ0n) is 4.14. The van der Waals surface area contributed by atoms with Gasteiger partial charge >= 0.3 is 0 Å². The number of hydrogen-bond acceptors (Lipinski definition) is 2. The van der Waals surface area contributed by atoms with E-state index in [0.29, 0.717) is 6.41 Å². The van der Waals surface area contributed by atoms with Crippen LogP contribution in [0.5, 0.6) is 0 Å². The number of alkyl halides is 3. The molecule has 2 N–H and O–H groups in total. The summed E-state index contributed by atoms with van der Waals surface area (Å²) in [6, 6.07) is 0. The van der Waals surface area contributed by atoms with Crippen LogP contribution in [-0.2, 0) is 4.79 Å². The smallest absolute Gasteiger partial charge is 0.209 e. The van der Waals surface area contributed by atoms with Gasteiger partial charge in [0.05, 0.1) is 0 Å². The lowest BCUT2D eigenvalue weighted by molar-refractivity contribution is -0.111. The van der Waals surface area contributed by atoms with E-state index < -0.39 is 8.37 Å². The third-order valence-corrected chi connectivity index (χ3v) is 1.84. The van der Waals surface area contributed by atoms with E-state index in [-0.39, 0.29) is 0 Å². The lowest BCUT2D eigenvalue weighted by Crippen LogP contribution is -2.37. The van der Waals surface area contributed by atoms with Crippen LogP contribution in [0.3, 0.4) is 0 Å². The molecular weight excluding hydrogens is 322 g/mol. The predicted octanol–water partition coefficient (Wildman–Crippen LogP) is 0.889. The van der Waals surface area contributed by atoms with Crippen molar-refractivity contribution < 1.29 is 9.90 Å². The minimum absolute atomic E-state index is 0.406. The molecule has 0 aliphatic carbocycles. The third kappa shape index (κ3) is 4.30. The highest BCUT2D eigenvalue weighted by Gasteiger charge is 2.27. The number of nitrogens with one attached hydrogen (secondary N) is 1. The Hall–Kier alpha value is 0.870. The molecule has 9 heavy (non-hydrogen) atoms. The van der Waals surface area contributed by atoms with Crippen LogP contribution >= 0.6 is 47.8 Å². The Morgan fingerprint density at radius 1 is 1.56 bits per heavy atom. The monoisotopic (exact) mass is 323 g/mol. The Morgan fingerprint density at radius 2 is 2.00 bits per heavy atom. The molecule has 6 heteroatoms. The van der Waals surface area contributed by atoms with E-state index in [0.717, 1.165) is 0 Å². The maximum absolute atomic E-state index is 9.73. The summed E-state index contributed by atoms with van der Waals surface area (Å²) in [5.74, 6) is 0. The summed E-state index contributed by atoms with van der Waals surface area (Å²) in [6.07, 6.45) is -0.599. The van der Waals surface area contributed by atoms with Crippen LogP contribution in [0.25, 0.3) is 0 Å². The summed E-state index contributed by atoms with van der Waals surface area (Å²) >= 11 is 9.02. The van der Waals surface area contributed by atoms with Crippen molar-refractivity contribution >= 4 is 54.2 Å². The maximum atomic E-state index is 9.73. The second kappa shape index (κ2) is 3.90. The first-order valence-electron chi connectivity index (χ1n) is 1.93. The highest BCUT2D eigenvalue weighted by molar-refractivity contribution is 9.39. The fourth-order valence-electron chi connectivity index (χ4n) is 0.159. The molecule has 0 fully saturated rings. The average molecular weight is 326 g/mol. The topological polar surface area (TPSA) is 49.3 Å². The van der Waals surface area contributed by atoms with Crippen LogP contribution in [0.4, 0.5) is 0 Å². The van der Waals surface area contributed by atoms with E-state index in [4.69, 9.17) is 5.11 Å². The van der Waals surface area contributed by atoms with Crippen LogP contribution in [0, 0.1) is 0 Å². The molecule has 0 aromatic heterocycles. The molecule has 0 aromatic carbocycles. The number of aliphatic hydroxyl groups excluding tert-OH is 1. The van der Waals surface area contributed by atoms with Crippen molar-refractivity contribution in [2.45, 2.75) is 8.37 Å². The number of halogens is 3. The van der Waals surface area contributed by atoms with Crippen molar-refractivity contribution in [3.05, 3.63) is 0 Å². The van der Waals surface area contributed by atoms with E-state index in [1.807, 2.05) is 0 Å². The first kappa shape index (κ1) is 9.87. The van der Waals surface area contributed by atoms with Gasteiger partial charge in [0, 0.05) is 0 Å². The third-order valence-electron chi connectivity index (χ3n) is 0.536. The van der Waals surface area contributed by atoms with Gasteiger partial charge in [0.25, 0.3) is 0 Å². The molecule has 0 rings (SSSR count). The van der Waals surface area contributed by atoms with Crippen LogP contribution in [0.15, 0.2) is 0 Å². The van der Waals surface area contributed by atoms with E-state index in [1.165, 1.54) is 0 Å². The zero-order valence-corrected chi connectivity index (χ0v) is 8.90. The van der Waals surface area contributed by atoms with Crippen LogP contribution in [0.2, 0.25) is 0 Å². The molecule has 0 aromatic rings. The fourth-order valence-corrected chi connectivity index (χ4v) is 0.555. The highest BCUT2D eigenvalue weighted by Crippen LogP contribution is 2.35. The molecule has 0 saturated heterocycles. The van der Waals surface area contributed by atoms with Gasteiger partial charge in [-0.3, -0.25) is 4.79 Å². The van der Waals surface area contributed by atoms with E-state index in [9.17, 15) is 4.79 Å². The molecule has 0 radical (unpaired) electrons. The molecule has 1 atom stereocenters. The van der Waals surface area contributed by atoms with Gasteiger partial charge in [0.2, 0.25) is 6.41 Å². The molecule has 54 valence electrons. The van der Waals surface area contributed by atoms with Crippen molar-refractivity contribution in [1.29, 1.82) is 0 Å². The predicted molar refractivity (Wildman–Crippen MR) is 44.7 cm³/mol. The normalized spacial score (nSPS) is 14.7. The van der Waals surface area contributed by atoms with Gasteiger partial charge in [-0.25, -0.2) is 0 Å². The largest absolute Gasteiger partial charge is 0.370 e. The highest BCUT2D eigenvalue weighted by atomic mass is 80.0. The van der Waals surface area contributed by atoms with Gasteiger partial charge in [-0.2, -0.15) is 0 Å². The molecule has 0 heterocycles. The lowest BCUT2D eigenvalue weighted by Gasteiger charge is -2.18. The molecule has 0 aliphatic heterocycles. The van der Waals surface area contributed by atoms with Crippen molar-refractivity contribution in [3.63, 3.8) is 0 Å². The first-order chi connectivity index (χ1) is 3.98. The number of rotatable bonds is 2. The quantitative estimate of drug-likeness (QED) is 0.450. The van der Waals surface area contributed by atoms with E-state index in [2.05, 4.69) is 53.1 Å². The van der Waals surface area contributed by atoms with Gasteiger partial charge in [0.15, 0.2) is 8.37 Å². The summed E-state index contributed by atoms with van der Waals surface area (Å²) in [4.78, 5) is 9.73. The Kier molecular flexibility index (Phi) is 4.28. The summed E-state index contributed by atoms with van der Waals surface area (Å²) in [6.45, 7) is 0. The van der Waals surface area contributed by atoms with E-state index >= 15 is 0 Å². The van der Waals surface area contributed by atoms with Gasteiger partial charge in [0.1, 0.15) is 0 Å². The van der Waals surface area contributed by atoms with Crippen LogP contribution in [-0.4, -0.2) is 19.9 Å². The van der Waals surface area contributed by atoms with Crippen LogP contribution < -0.4 is 5.32 Å². The SMILES string of the molecule is O=CNC(O)C(Br)(Br)Br. The van der Waals surface area contributed by atoms with Gasteiger partial charge in [-0.1, -0.05) is 47.8 Å². The van der Waals surface area contributed by atoms with Gasteiger partial charge < -0.3 is 10.4 Å². The molecule has 0 spiro atoms. The molecule has 0 aliphatic rings. The molecule has 0 saturated carbocycles. The van der Waals surface area contributed by atoms with Crippen molar-refractivity contribution in [3.8, 4) is 0 Å². The van der Waals surface area contributed by atoms with Gasteiger partial charge in [-0.05, 0) is 0 Å². The zero-order chi connectivity index (χ0) is 7.49. The van der Waals surface area contributed by atoms with Crippen molar-refractivity contribution in [2.75, 3.05) is 0 Å². The summed E-state index contributed by atoms with van der Waals surface area (Å²) < 4.78 is -0.839. The second-order valence-electron chi connectivity index (χ2n) is 1.23. The minimum atomic E-state index is -1.00. The number of carbonyl (C=O) groups is 1. The Morgan fingerprint density at radius 3 is 2.11 bits per heavy atom. The van der Waals surface area contributed by atoms with Crippen molar-refractivity contribution in [1.82, 2.24) is 5.32 Å². The molecular formula is C3H4Br3NO2. The molecule has 3 nitrogen and oxygen atoms in total. The summed E-state index contributed by atoms with van der Waals surface area (Å²) in [5, 5.41) is 11.0. The average Bonchev–Trinajstić information content (AvgIpc) is 1.64. The Labute approximate surface area is 77.6 Å². The molecule has 1 amide bonds. The number of aliphatic hydroxyl groups is 1. The lowest BCUT2D eigenvalue weighted by atomic mass is 10.7. The molecule has 0 bridgehead atoms. The summed E-state index contributed by atoms with van der Waals surface area (Å²) in [7, 11) is 0. The van der Waals surface area contributed by atoms with Crippen molar-refractivity contribution in [2.24, 2.45) is 0 Å². The standard InChI is InChI=1S/C3H4Br3NO2/c4-3(5,6)2(9)7-1-8/h1-2,9H,(H,7,8). The van der Waals surface area contributed by atoms with Crippen LogP contribution in [0.1, 0.15) is 0 Å². The second-order valence-corrected chi connectivity index (χ2v) is 8.17. The number of hydrogen-bond donors (Lipinski definition) is 2. The number of amides is 1. The first-order valence-corrected chi connectivity index (χ1v) is 4.31. The minimum Gasteiger partial charge on any atom is -0.370 e. The summed E-state index contributed by atoms with van der Waals surface area (Å²) in [5.41, 5.74) is 0.